The van der Waals surface area contributed by atoms with Crippen molar-refractivity contribution in [3.8, 4) is 11.3 Å². The first-order valence-corrected chi connectivity index (χ1v) is 8.78. The quantitative estimate of drug-likeness (QED) is 0.550. The number of rotatable bonds is 5. The zero-order valence-electron chi connectivity index (χ0n) is 13.9. The molecule has 0 aliphatic carbocycles. The molecule has 25 heavy (non-hydrogen) atoms. The van der Waals surface area contributed by atoms with E-state index in [9.17, 15) is 4.39 Å². The first kappa shape index (κ1) is 15.8. The van der Waals surface area contributed by atoms with Gasteiger partial charge in [-0.25, -0.2) is 13.9 Å². The highest BCUT2D eigenvalue weighted by molar-refractivity contribution is 7.20. The van der Waals surface area contributed by atoms with E-state index in [2.05, 4.69) is 27.0 Å². The largest absolute Gasteiger partial charge is 0.342 e. The molecule has 0 spiro atoms. The van der Waals surface area contributed by atoms with E-state index in [-0.39, 0.29) is 5.82 Å². The first-order valence-electron chi connectivity index (χ1n) is 7.97. The van der Waals surface area contributed by atoms with E-state index in [1.807, 2.05) is 25.6 Å². The monoisotopic (exact) mass is 356 g/mol. The van der Waals surface area contributed by atoms with Gasteiger partial charge in [0.15, 0.2) is 0 Å². The highest BCUT2D eigenvalue weighted by Gasteiger charge is 2.15. The van der Waals surface area contributed by atoms with Crippen LogP contribution in [0, 0.1) is 5.82 Å². The molecule has 0 fully saturated rings. The van der Waals surface area contributed by atoms with Gasteiger partial charge in [-0.3, -0.25) is 4.68 Å². The smallest absolute Gasteiger partial charge is 0.214 e. The van der Waals surface area contributed by atoms with Crippen molar-refractivity contribution < 1.29 is 4.39 Å². The van der Waals surface area contributed by atoms with Gasteiger partial charge in [-0.2, -0.15) is 5.10 Å². The average Bonchev–Trinajstić information content (AvgIpc) is 3.28. The van der Waals surface area contributed by atoms with Crippen LogP contribution in [0.1, 0.15) is 12.5 Å². The third-order valence-corrected chi connectivity index (χ3v) is 4.94. The Balaban J connectivity index is 1.60. The molecular weight excluding hydrogens is 339 g/mol. The Morgan fingerprint density at radius 3 is 2.64 bits per heavy atom. The summed E-state index contributed by atoms with van der Waals surface area (Å²) in [5.74, 6) is -0.251. The predicted molar refractivity (Wildman–Crippen MR) is 96.2 cm³/mol. The summed E-state index contributed by atoms with van der Waals surface area (Å²) >= 11 is 1.54. The number of hydrogen-bond donors (Lipinski definition) is 0. The van der Waals surface area contributed by atoms with Crippen LogP contribution >= 0.6 is 11.3 Å². The average molecular weight is 356 g/mol. The summed E-state index contributed by atoms with van der Waals surface area (Å²) in [4.78, 5) is 7.62. The van der Waals surface area contributed by atoms with Crippen molar-refractivity contribution in [3.05, 3.63) is 54.2 Å². The van der Waals surface area contributed by atoms with Crippen molar-refractivity contribution in [2.75, 3.05) is 11.4 Å². The van der Waals surface area contributed by atoms with E-state index in [4.69, 9.17) is 0 Å². The van der Waals surface area contributed by atoms with Crippen LogP contribution in [0.5, 0.6) is 0 Å². The number of hydrogen-bond acceptors (Lipinski definition) is 5. The summed E-state index contributed by atoms with van der Waals surface area (Å²) in [6.45, 7) is 3.70. The Kier molecular flexibility index (Phi) is 3.96. The highest BCUT2D eigenvalue weighted by atomic mass is 32.1. The minimum absolute atomic E-state index is 0.251. The predicted octanol–water partition coefficient (Wildman–Crippen LogP) is 3.36. The molecule has 6 nitrogen and oxygen atoms in total. The summed E-state index contributed by atoms with van der Waals surface area (Å²) in [6.07, 6.45) is 5.75. The molecule has 0 aliphatic rings. The first-order chi connectivity index (χ1) is 12.1. The minimum Gasteiger partial charge on any atom is -0.342 e. The van der Waals surface area contributed by atoms with Gasteiger partial charge >= 0.3 is 0 Å². The second-order valence-electron chi connectivity index (χ2n) is 5.78. The number of nitrogens with zero attached hydrogens (tertiary/aromatic N) is 6. The lowest BCUT2D eigenvalue weighted by Crippen LogP contribution is -2.21. The lowest BCUT2D eigenvalue weighted by atomic mass is 10.2. The van der Waals surface area contributed by atoms with E-state index in [1.54, 1.807) is 32.7 Å². The van der Waals surface area contributed by atoms with Crippen molar-refractivity contribution in [2.45, 2.75) is 13.5 Å². The normalized spacial score (nSPS) is 11.3. The van der Waals surface area contributed by atoms with Gasteiger partial charge in [-0.1, -0.05) is 11.3 Å². The molecule has 0 N–H and O–H groups in total. The van der Waals surface area contributed by atoms with Crippen molar-refractivity contribution in [3.63, 3.8) is 0 Å². The maximum absolute atomic E-state index is 13.1. The van der Waals surface area contributed by atoms with Crippen LogP contribution in [0.3, 0.4) is 0 Å². The minimum atomic E-state index is -0.251. The molecule has 0 saturated carbocycles. The Labute approximate surface area is 148 Å². The molecule has 8 heteroatoms. The third-order valence-electron chi connectivity index (χ3n) is 3.96. The summed E-state index contributed by atoms with van der Waals surface area (Å²) in [5, 5.41) is 9.77. The lowest BCUT2D eigenvalue weighted by molar-refractivity contribution is 0.628. The number of aryl methyl sites for hydroxylation is 1. The molecule has 0 unspecified atom stereocenters. The van der Waals surface area contributed by atoms with Crippen molar-refractivity contribution in [1.29, 1.82) is 0 Å². The number of anilines is 1. The molecule has 128 valence electrons. The van der Waals surface area contributed by atoms with Crippen LogP contribution in [-0.2, 0) is 13.6 Å². The fourth-order valence-corrected chi connectivity index (χ4v) is 3.61. The van der Waals surface area contributed by atoms with Gasteiger partial charge in [0.05, 0.1) is 18.1 Å². The summed E-state index contributed by atoms with van der Waals surface area (Å²) in [5.41, 5.74) is 2.81. The van der Waals surface area contributed by atoms with Crippen LogP contribution in [-0.4, -0.2) is 30.9 Å². The molecule has 1 aromatic carbocycles. The Hall–Kier alpha value is -2.74. The van der Waals surface area contributed by atoms with Crippen LogP contribution < -0.4 is 4.90 Å². The lowest BCUT2D eigenvalue weighted by Gasteiger charge is -2.17. The standard InChI is InChI=1S/C17H17FN6S/c1-3-23(10-12-8-19-22(2)9-12)17-21-24-11-15(20-16(24)25-17)13-4-6-14(18)7-5-13/h4-9,11H,3,10H2,1-2H3. The van der Waals surface area contributed by atoms with Gasteiger partial charge in [0.2, 0.25) is 10.1 Å². The Bertz CT molecular complexity index is 968. The van der Waals surface area contributed by atoms with Gasteiger partial charge in [-0.15, -0.1) is 5.10 Å². The fraction of sp³-hybridized carbons (Fsp3) is 0.235. The maximum Gasteiger partial charge on any atom is 0.214 e. The fourth-order valence-electron chi connectivity index (χ4n) is 2.67. The van der Waals surface area contributed by atoms with Crippen LogP contribution in [0.4, 0.5) is 9.52 Å². The number of halogens is 1. The SMILES string of the molecule is CCN(Cc1cnn(C)c1)c1nn2cc(-c3ccc(F)cc3)nc2s1. The summed E-state index contributed by atoms with van der Waals surface area (Å²) < 4.78 is 16.6. The molecule has 3 aromatic heterocycles. The summed E-state index contributed by atoms with van der Waals surface area (Å²) in [6, 6.07) is 6.33. The van der Waals surface area contributed by atoms with Crippen LogP contribution in [0.25, 0.3) is 16.2 Å². The van der Waals surface area contributed by atoms with Crippen molar-refractivity contribution >= 4 is 21.4 Å². The number of fused-ring (bicyclic) bond motifs is 1. The van der Waals surface area contributed by atoms with Gasteiger partial charge in [0.25, 0.3) is 0 Å². The molecule has 0 saturated heterocycles. The van der Waals surface area contributed by atoms with Crippen LogP contribution in [0.15, 0.2) is 42.9 Å². The Morgan fingerprint density at radius 1 is 1.20 bits per heavy atom. The molecule has 0 atom stereocenters. The summed E-state index contributed by atoms with van der Waals surface area (Å²) in [7, 11) is 1.91. The molecule has 4 rings (SSSR count). The number of imidazole rings is 1. The van der Waals surface area contributed by atoms with E-state index < -0.39 is 0 Å². The van der Waals surface area contributed by atoms with Gasteiger partial charge in [-0.05, 0) is 31.2 Å². The van der Waals surface area contributed by atoms with Crippen molar-refractivity contribution in [1.82, 2.24) is 24.4 Å². The van der Waals surface area contributed by atoms with E-state index >= 15 is 0 Å². The second kappa shape index (κ2) is 6.29. The maximum atomic E-state index is 13.1. The third kappa shape index (κ3) is 3.12. The molecule has 4 aromatic rings. The Morgan fingerprint density at radius 2 is 2.00 bits per heavy atom. The second-order valence-corrected chi connectivity index (χ2v) is 6.72. The highest BCUT2D eigenvalue weighted by Crippen LogP contribution is 2.27. The van der Waals surface area contributed by atoms with Gasteiger partial charge in [0, 0.05) is 37.5 Å². The number of benzene rings is 1. The van der Waals surface area contributed by atoms with E-state index in [1.165, 1.54) is 12.1 Å². The molecule has 3 heterocycles. The molecule has 0 aliphatic heterocycles. The zero-order valence-corrected chi connectivity index (χ0v) is 14.7. The number of aromatic nitrogens is 5. The van der Waals surface area contributed by atoms with E-state index in [0.29, 0.717) is 0 Å². The molecule has 0 amide bonds. The molecule has 0 radical (unpaired) electrons. The van der Waals surface area contributed by atoms with Crippen LogP contribution in [0.2, 0.25) is 0 Å². The molecule has 0 bridgehead atoms. The van der Waals surface area contributed by atoms with E-state index in [0.717, 1.165) is 40.0 Å². The van der Waals surface area contributed by atoms with Gasteiger partial charge < -0.3 is 4.90 Å². The zero-order chi connectivity index (χ0) is 17.4. The van der Waals surface area contributed by atoms with Gasteiger partial charge in [0.1, 0.15) is 5.82 Å². The topological polar surface area (TPSA) is 51.2 Å². The van der Waals surface area contributed by atoms with Crippen molar-refractivity contribution in [2.24, 2.45) is 7.05 Å². The molecular formula is C17H17FN6S.